The molecule has 1 N–H and O–H groups in total. The van der Waals surface area contributed by atoms with Crippen LogP contribution in [0.5, 0.6) is 0 Å². The van der Waals surface area contributed by atoms with Crippen LogP contribution in [0.4, 0.5) is 10.1 Å². The Morgan fingerprint density at radius 3 is 2.50 bits per heavy atom. The summed E-state index contributed by atoms with van der Waals surface area (Å²) in [6.07, 6.45) is 1.51. The van der Waals surface area contributed by atoms with E-state index in [1.807, 2.05) is 0 Å². The number of aryl methyl sites for hydroxylation is 1. The molecule has 1 amide bonds. The van der Waals surface area contributed by atoms with Gasteiger partial charge in [-0.25, -0.2) is 13.3 Å². The molecule has 2 heterocycles. The zero-order valence-corrected chi connectivity index (χ0v) is 20.3. The number of hydrogen-bond acceptors (Lipinski definition) is 5. The van der Waals surface area contributed by atoms with E-state index in [1.54, 1.807) is 19.2 Å². The van der Waals surface area contributed by atoms with Crippen LogP contribution in [-0.4, -0.2) is 40.2 Å². The normalized spacial score (nSPS) is 12.1. The number of nitrogens with zero attached hydrogens (tertiary/aromatic N) is 3. The number of aromatic nitrogens is 2. The highest BCUT2D eigenvalue weighted by atomic mass is 35.5. The Balaban J connectivity index is 2.09. The van der Waals surface area contributed by atoms with Crippen LogP contribution in [0.25, 0.3) is 33.6 Å². The van der Waals surface area contributed by atoms with Gasteiger partial charge < -0.3 is 9.73 Å². The van der Waals surface area contributed by atoms with Gasteiger partial charge in [-0.1, -0.05) is 11.6 Å². The third kappa shape index (κ3) is 4.10. The number of anilines is 1. The van der Waals surface area contributed by atoms with Gasteiger partial charge in [0.25, 0.3) is 11.5 Å². The quantitative estimate of drug-likeness (QED) is 0.448. The summed E-state index contributed by atoms with van der Waals surface area (Å²) in [4.78, 5) is 25.0. The van der Waals surface area contributed by atoms with Gasteiger partial charge in [0, 0.05) is 50.0 Å². The van der Waals surface area contributed by atoms with Crippen molar-refractivity contribution in [1.29, 1.82) is 0 Å². The fourth-order valence-corrected chi connectivity index (χ4v) is 4.25. The van der Waals surface area contributed by atoms with Gasteiger partial charge in [0.05, 0.1) is 16.9 Å². The molecule has 0 fully saturated rings. The van der Waals surface area contributed by atoms with E-state index < -0.39 is 28.3 Å². The first-order chi connectivity index (χ1) is 16.1. The molecule has 176 valence electrons. The van der Waals surface area contributed by atoms with Crippen molar-refractivity contribution in [1.82, 2.24) is 15.1 Å². The Labute approximate surface area is 201 Å². The number of fused-ring (bicyclic) bond motifs is 1. The summed E-state index contributed by atoms with van der Waals surface area (Å²) < 4.78 is 34.5. The molecule has 1 atom stereocenters. The lowest BCUT2D eigenvalue weighted by atomic mass is 10.0. The van der Waals surface area contributed by atoms with E-state index in [1.165, 1.54) is 55.0 Å². The highest BCUT2D eigenvalue weighted by Gasteiger charge is 2.25. The van der Waals surface area contributed by atoms with Crippen molar-refractivity contribution in [2.24, 2.45) is 7.05 Å². The molecule has 0 bridgehead atoms. The summed E-state index contributed by atoms with van der Waals surface area (Å²) >= 11 is 6.12. The molecule has 11 heteroatoms. The van der Waals surface area contributed by atoms with Crippen LogP contribution in [0.3, 0.4) is 0 Å². The van der Waals surface area contributed by atoms with Gasteiger partial charge in [-0.2, -0.15) is 5.10 Å². The predicted molar refractivity (Wildman–Crippen MR) is 131 cm³/mol. The maximum absolute atomic E-state index is 13.5. The van der Waals surface area contributed by atoms with E-state index in [9.17, 15) is 18.2 Å². The molecule has 34 heavy (non-hydrogen) atoms. The van der Waals surface area contributed by atoms with Crippen LogP contribution >= 0.6 is 11.6 Å². The number of amides is 1. The predicted octanol–water partition coefficient (Wildman–Crippen LogP) is 3.74. The van der Waals surface area contributed by atoms with Gasteiger partial charge in [-0.05, 0) is 36.4 Å². The molecule has 0 aliphatic carbocycles. The number of hydrogen-bond donors (Lipinski definition) is 1. The van der Waals surface area contributed by atoms with E-state index in [0.29, 0.717) is 33.5 Å². The minimum atomic E-state index is -1.41. The molecule has 0 radical (unpaired) electrons. The standard InChI is InChI=1S/C23H20ClFN4O4S/c1-26-22(30)20-15-9-14(17-10-16(24)23(31)28(2)27-17)18(29(3)34(4)32)11-19(15)33-21(20)12-5-7-13(25)8-6-12/h5-11H,1-4H3,(H,26,30). The lowest BCUT2D eigenvalue weighted by Gasteiger charge is -2.19. The molecule has 2 aromatic carbocycles. The molecular weight excluding hydrogens is 483 g/mol. The second-order valence-electron chi connectivity index (χ2n) is 7.49. The van der Waals surface area contributed by atoms with Crippen LogP contribution in [0, 0.1) is 5.82 Å². The molecule has 8 nitrogen and oxygen atoms in total. The first-order valence-corrected chi connectivity index (χ1v) is 11.9. The third-order valence-electron chi connectivity index (χ3n) is 5.39. The Morgan fingerprint density at radius 1 is 1.24 bits per heavy atom. The average molecular weight is 503 g/mol. The summed E-state index contributed by atoms with van der Waals surface area (Å²) in [6.45, 7) is 0. The maximum Gasteiger partial charge on any atom is 0.285 e. The van der Waals surface area contributed by atoms with Crippen LogP contribution in [0.1, 0.15) is 10.4 Å². The second kappa shape index (κ2) is 9.03. The van der Waals surface area contributed by atoms with Crippen molar-refractivity contribution in [2.45, 2.75) is 0 Å². The Bertz CT molecular complexity index is 1490. The minimum Gasteiger partial charge on any atom is -0.455 e. The van der Waals surface area contributed by atoms with E-state index in [2.05, 4.69) is 10.4 Å². The first-order valence-electron chi connectivity index (χ1n) is 10.0. The van der Waals surface area contributed by atoms with Crippen molar-refractivity contribution in [3.8, 4) is 22.6 Å². The molecule has 0 aliphatic heterocycles. The SMILES string of the molecule is CNC(=O)c1c(-c2ccc(F)cc2)oc2cc(N(C)S(C)=O)c(-c3cc(Cl)c(=O)n(C)n3)cc12. The number of carbonyl (C=O) groups excluding carboxylic acids is 1. The van der Waals surface area contributed by atoms with E-state index >= 15 is 0 Å². The minimum absolute atomic E-state index is 0.0375. The molecule has 1 unspecified atom stereocenters. The van der Waals surface area contributed by atoms with Gasteiger partial charge in [-0.3, -0.25) is 13.9 Å². The molecule has 2 aromatic heterocycles. The van der Waals surface area contributed by atoms with Crippen molar-refractivity contribution in [3.05, 3.63) is 69.2 Å². The zero-order valence-electron chi connectivity index (χ0n) is 18.7. The summed E-state index contributed by atoms with van der Waals surface area (Å²) in [6, 6.07) is 10.3. The molecule has 4 aromatic rings. The number of carbonyl (C=O) groups is 1. The number of benzene rings is 2. The van der Waals surface area contributed by atoms with E-state index in [0.717, 1.165) is 4.68 Å². The highest BCUT2D eigenvalue weighted by Crippen LogP contribution is 2.40. The van der Waals surface area contributed by atoms with Crippen molar-refractivity contribution in [2.75, 3.05) is 24.7 Å². The van der Waals surface area contributed by atoms with Crippen molar-refractivity contribution < 1.29 is 17.8 Å². The molecule has 0 spiro atoms. The smallest absolute Gasteiger partial charge is 0.285 e. The largest absolute Gasteiger partial charge is 0.455 e. The van der Waals surface area contributed by atoms with Crippen LogP contribution < -0.4 is 15.2 Å². The topological polar surface area (TPSA) is 97.4 Å². The first kappa shape index (κ1) is 23.7. The van der Waals surface area contributed by atoms with Crippen LogP contribution in [0.2, 0.25) is 5.02 Å². The van der Waals surface area contributed by atoms with Gasteiger partial charge in [0.15, 0.2) is 0 Å². The van der Waals surface area contributed by atoms with Crippen LogP contribution in [0.15, 0.2) is 51.7 Å². The highest BCUT2D eigenvalue weighted by molar-refractivity contribution is 7.85. The van der Waals surface area contributed by atoms with Crippen molar-refractivity contribution in [3.63, 3.8) is 0 Å². The second-order valence-corrected chi connectivity index (χ2v) is 9.29. The molecule has 0 saturated carbocycles. The fourth-order valence-electron chi connectivity index (χ4n) is 3.60. The van der Waals surface area contributed by atoms with Crippen LogP contribution in [-0.2, 0) is 18.0 Å². The number of rotatable bonds is 5. The Kier molecular flexibility index (Phi) is 6.28. The van der Waals surface area contributed by atoms with Gasteiger partial charge >= 0.3 is 0 Å². The van der Waals surface area contributed by atoms with Crippen molar-refractivity contribution >= 4 is 45.2 Å². The summed E-state index contributed by atoms with van der Waals surface area (Å²) in [7, 11) is 3.19. The average Bonchev–Trinajstić information content (AvgIpc) is 3.19. The fraction of sp³-hybridized carbons (Fsp3) is 0.174. The van der Waals surface area contributed by atoms with E-state index in [4.69, 9.17) is 16.0 Å². The molecule has 0 aliphatic rings. The lowest BCUT2D eigenvalue weighted by molar-refractivity contribution is 0.0964. The molecule has 0 saturated heterocycles. The Hall–Kier alpha value is -3.50. The van der Waals surface area contributed by atoms with Gasteiger partial charge in [-0.15, -0.1) is 0 Å². The number of furan rings is 1. The van der Waals surface area contributed by atoms with Gasteiger partial charge in [0.2, 0.25) is 0 Å². The Morgan fingerprint density at radius 2 is 1.91 bits per heavy atom. The molecular formula is C23H20ClFN4O4S. The number of nitrogens with one attached hydrogen (secondary N) is 1. The summed E-state index contributed by atoms with van der Waals surface area (Å²) in [5, 5.41) is 7.33. The zero-order chi connectivity index (χ0) is 24.7. The van der Waals surface area contributed by atoms with Gasteiger partial charge in [0.1, 0.15) is 33.2 Å². The van der Waals surface area contributed by atoms with E-state index in [-0.39, 0.29) is 16.3 Å². The number of halogens is 2. The molecule has 4 rings (SSSR count). The summed E-state index contributed by atoms with van der Waals surface area (Å²) in [5.41, 5.74) is 1.95. The third-order valence-corrected chi connectivity index (χ3v) is 6.63. The maximum atomic E-state index is 13.5. The monoisotopic (exact) mass is 502 g/mol. The summed E-state index contributed by atoms with van der Waals surface area (Å²) in [5.74, 6) is -0.574. The lowest BCUT2D eigenvalue weighted by Crippen LogP contribution is -2.22.